The third kappa shape index (κ3) is 3.97. The highest BCUT2D eigenvalue weighted by Crippen LogP contribution is 2.46. The van der Waals surface area contributed by atoms with Gasteiger partial charge in [0.25, 0.3) is 0 Å². The smallest absolute Gasteiger partial charge is 0.321 e. The number of nitrogens with zero attached hydrogens (tertiary/aromatic N) is 3. The monoisotopic (exact) mass is 465 g/mol. The normalized spacial score (nSPS) is 17.7. The predicted octanol–water partition coefficient (Wildman–Crippen LogP) is 4.21. The van der Waals surface area contributed by atoms with Crippen molar-refractivity contribution in [2.45, 2.75) is 33.2 Å². The predicted molar refractivity (Wildman–Crippen MR) is 129 cm³/mol. The molecule has 2 atom stereocenters. The molecule has 0 radical (unpaired) electrons. The van der Waals surface area contributed by atoms with E-state index >= 15 is 0 Å². The highest BCUT2D eigenvalue weighted by atomic mass is 16.5. The van der Waals surface area contributed by atoms with Gasteiger partial charge in [0.2, 0.25) is 11.9 Å². The van der Waals surface area contributed by atoms with Crippen LogP contribution < -0.4 is 14.4 Å². The molecule has 1 aliphatic heterocycles. The number of rotatable bonds is 8. The maximum atomic E-state index is 13.9. The van der Waals surface area contributed by atoms with Crippen molar-refractivity contribution in [2.75, 3.05) is 32.3 Å². The Labute approximate surface area is 199 Å². The lowest BCUT2D eigenvalue weighted by atomic mass is 9.88. The van der Waals surface area contributed by atoms with Crippen molar-refractivity contribution in [3.05, 3.63) is 48.0 Å². The number of anilines is 1. The van der Waals surface area contributed by atoms with Crippen LogP contribution in [-0.4, -0.2) is 48.8 Å². The molecular formula is C26H31N3O5. The van der Waals surface area contributed by atoms with E-state index in [4.69, 9.17) is 19.2 Å². The molecule has 0 fully saturated rings. The highest BCUT2D eigenvalue weighted by Gasteiger charge is 2.48. The maximum absolute atomic E-state index is 13.9. The third-order valence-electron chi connectivity index (χ3n) is 6.17. The first kappa shape index (κ1) is 23.6. The molecule has 3 aromatic rings. The number of carbonyl (C=O) groups is 2. The molecular weight excluding hydrogens is 434 g/mol. The fourth-order valence-corrected chi connectivity index (χ4v) is 4.57. The minimum absolute atomic E-state index is 0.175. The average Bonchev–Trinajstić information content (AvgIpc) is 3.21. The maximum Gasteiger partial charge on any atom is 0.321 e. The van der Waals surface area contributed by atoms with Crippen LogP contribution in [-0.2, 0) is 14.3 Å². The summed E-state index contributed by atoms with van der Waals surface area (Å²) in [4.78, 5) is 33.7. The lowest BCUT2D eigenvalue weighted by Gasteiger charge is -2.38. The number of hydrogen-bond acceptors (Lipinski definition) is 6. The van der Waals surface area contributed by atoms with Gasteiger partial charge in [0.05, 0.1) is 37.9 Å². The average molecular weight is 466 g/mol. The molecule has 1 amide bonds. The number of benzene rings is 2. The van der Waals surface area contributed by atoms with Gasteiger partial charge in [-0.1, -0.05) is 38.1 Å². The summed E-state index contributed by atoms with van der Waals surface area (Å²) in [6, 6.07) is 12.4. The van der Waals surface area contributed by atoms with Gasteiger partial charge in [-0.25, -0.2) is 4.98 Å². The molecule has 0 spiro atoms. The van der Waals surface area contributed by atoms with Crippen molar-refractivity contribution in [3.8, 4) is 11.5 Å². The fraction of sp³-hybridized carbons (Fsp3) is 0.423. The number of amides is 1. The summed E-state index contributed by atoms with van der Waals surface area (Å²) in [7, 11) is 3.11. The number of imidazole rings is 1. The van der Waals surface area contributed by atoms with Gasteiger partial charge in [0.1, 0.15) is 0 Å². The molecule has 8 heteroatoms. The molecule has 1 aliphatic rings. The zero-order valence-electron chi connectivity index (χ0n) is 20.3. The van der Waals surface area contributed by atoms with Crippen LogP contribution >= 0.6 is 0 Å². The quantitative estimate of drug-likeness (QED) is 0.366. The van der Waals surface area contributed by atoms with Gasteiger partial charge < -0.3 is 18.8 Å². The van der Waals surface area contributed by atoms with E-state index in [2.05, 4.69) is 13.8 Å². The van der Waals surface area contributed by atoms with Gasteiger partial charge in [-0.2, -0.15) is 0 Å². The Morgan fingerprint density at radius 1 is 1.09 bits per heavy atom. The molecule has 0 unspecified atom stereocenters. The Morgan fingerprint density at radius 2 is 1.85 bits per heavy atom. The lowest BCUT2D eigenvalue weighted by molar-refractivity contribution is -0.153. The van der Waals surface area contributed by atoms with Crippen LogP contribution in [0.1, 0.15) is 38.8 Å². The number of ether oxygens (including phenoxy) is 3. The molecule has 0 saturated carbocycles. The Morgan fingerprint density at radius 3 is 2.53 bits per heavy atom. The summed E-state index contributed by atoms with van der Waals surface area (Å²) in [5.74, 6) is -0.111. The Kier molecular flexibility index (Phi) is 6.77. The molecule has 0 bridgehead atoms. The van der Waals surface area contributed by atoms with E-state index in [1.807, 2.05) is 41.0 Å². The summed E-state index contributed by atoms with van der Waals surface area (Å²) in [5.41, 5.74) is 2.22. The summed E-state index contributed by atoms with van der Waals surface area (Å²) in [6.07, 6.45) is 0.775. The van der Waals surface area contributed by atoms with Gasteiger partial charge in [-0.3, -0.25) is 14.5 Å². The van der Waals surface area contributed by atoms with Crippen LogP contribution in [0.5, 0.6) is 11.5 Å². The van der Waals surface area contributed by atoms with E-state index in [1.165, 1.54) is 0 Å². The number of methoxy groups -OCH3 is 2. The molecule has 2 aromatic carbocycles. The summed E-state index contributed by atoms with van der Waals surface area (Å²) >= 11 is 0. The van der Waals surface area contributed by atoms with E-state index in [0.717, 1.165) is 17.5 Å². The number of para-hydroxylation sites is 3. The zero-order chi connectivity index (χ0) is 24.4. The second-order valence-electron chi connectivity index (χ2n) is 8.70. The lowest BCUT2D eigenvalue weighted by Crippen LogP contribution is -2.50. The number of fused-ring (bicyclic) bond motifs is 3. The van der Waals surface area contributed by atoms with Crippen molar-refractivity contribution < 1.29 is 23.8 Å². The molecule has 0 saturated heterocycles. The minimum Gasteiger partial charge on any atom is -0.493 e. The first-order valence-electron chi connectivity index (χ1n) is 11.6. The molecule has 2 heterocycles. The molecule has 180 valence electrons. The van der Waals surface area contributed by atoms with Gasteiger partial charge in [-0.05, 0) is 37.5 Å². The highest BCUT2D eigenvalue weighted by molar-refractivity contribution is 6.08. The topological polar surface area (TPSA) is 82.9 Å². The van der Waals surface area contributed by atoms with Crippen LogP contribution in [0.2, 0.25) is 0 Å². The summed E-state index contributed by atoms with van der Waals surface area (Å²) in [5, 5.41) is 0. The van der Waals surface area contributed by atoms with Crippen molar-refractivity contribution in [3.63, 3.8) is 0 Å². The third-order valence-corrected chi connectivity index (χ3v) is 6.17. The molecule has 4 rings (SSSR count). The van der Waals surface area contributed by atoms with Crippen LogP contribution in [0.15, 0.2) is 42.5 Å². The number of aromatic nitrogens is 2. The Hall–Kier alpha value is -3.55. The van der Waals surface area contributed by atoms with Gasteiger partial charge in [0, 0.05) is 12.1 Å². The molecule has 34 heavy (non-hydrogen) atoms. The second-order valence-corrected chi connectivity index (χ2v) is 8.70. The van der Waals surface area contributed by atoms with Gasteiger partial charge in [-0.15, -0.1) is 0 Å². The Bertz CT molecular complexity index is 1200. The summed E-state index contributed by atoms with van der Waals surface area (Å²) < 4.78 is 18.6. The van der Waals surface area contributed by atoms with Crippen LogP contribution in [0.3, 0.4) is 0 Å². The summed E-state index contributed by atoms with van der Waals surface area (Å²) in [6.45, 7) is 6.57. The minimum atomic E-state index is -1.10. The molecule has 0 aliphatic carbocycles. The van der Waals surface area contributed by atoms with Crippen molar-refractivity contribution >= 4 is 28.9 Å². The van der Waals surface area contributed by atoms with Crippen molar-refractivity contribution in [1.82, 2.24) is 9.55 Å². The first-order valence-corrected chi connectivity index (χ1v) is 11.6. The van der Waals surface area contributed by atoms with E-state index in [1.54, 1.807) is 32.1 Å². The van der Waals surface area contributed by atoms with Crippen LogP contribution in [0.25, 0.3) is 11.0 Å². The largest absolute Gasteiger partial charge is 0.493 e. The van der Waals surface area contributed by atoms with E-state index in [0.29, 0.717) is 35.5 Å². The van der Waals surface area contributed by atoms with Crippen LogP contribution in [0.4, 0.5) is 5.95 Å². The Balaban J connectivity index is 2.02. The van der Waals surface area contributed by atoms with E-state index in [9.17, 15) is 9.59 Å². The van der Waals surface area contributed by atoms with Crippen LogP contribution in [0, 0.1) is 11.8 Å². The standard InChI is InChI=1S/C26H31N3O5/c1-6-34-25(31)21-22(17-10-9-13-20(32-4)23(17)33-5)29-19-12-8-7-11-18(19)27-26(29)28(24(21)30)15-14-16(2)3/h7-13,16,21-22H,6,14-15H2,1-5H3/t21-,22+/m1/s1. The zero-order valence-corrected chi connectivity index (χ0v) is 20.3. The fourth-order valence-electron chi connectivity index (χ4n) is 4.57. The number of hydrogen-bond donors (Lipinski definition) is 0. The second kappa shape index (κ2) is 9.75. The molecule has 8 nitrogen and oxygen atoms in total. The van der Waals surface area contributed by atoms with Gasteiger partial charge in [0.15, 0.2) is 17.4 Å². The molecule has 0 N–H and O–H groups in total. The molecule has 1 aromatic heterocycles. The van der Waals surface area contributed by atoms with Crippen molar-refractivity contribution in [1.29, 1.82) is 0 Å². The number of carbonyl (C=O) groups excluding carboxylic acids is 2. The first-order chi connectivity index (χ1) is 16.4. The SMILES string of the molecule is CCOC(=O)[C@H]1C(=O)N(CCC(C)C)c2nc3ccccc3n2[C@H]1c1cccc(OC)c1OC. The number of esters is 1. The van der Waals surface area contributed by atoms with E-state index in [-0.39, 0.29) is 12.5 Å². The van der Waals surface area contributed by atoms with E-state index < -0.39 is 17.9 Å². The van der Waals surface area contributed by atoms with Crippen molar-refractivity contribution in [2.24, 2.45) is 11.8 Å². The van der Waals surface area contributed by atoms with Gasteiger partial charge >= 0.3 is 5.97 Å².